The summed E-state index contributed by atoms with van der Waals surface area (Å²) in [5.74, 6) is 1.27. The third-order valence-electron chi connectivity index (χ3n) is 10.5. The molecule has 54 heavy (non-hydrogen) atoms. The predicted octanol–water partition coefficient (Wildman–Crippen LogP) is 14.2. The van der Waals surface area contributed by atoms with E-state index in [2.05, 4.69) is 167 Å². The van der Waals surface area contributed by atoms with Crippen LogP contribution in [0.2, 0.25) is 10.0 Å². The van der Waals surface area contributed by atoms with Gasteiger partial charge in [0.05, 0.1) is 10.0 Å². The van der Waals surface area contributed by atoms with E-state index < -0.39 is 7.92 Å². The predicted molar refractivity (Wildman–Crippen MR) is 237 cm³/mol. The lowest BCUT2D eigenvalue weighted by atomic mass is 9.97. The number of halogens is 2. The van der Waals surface area contributed by atoms with E-state index in [0.717, 1.165) is 37.4 Å². The van der Waals surface area contributed by atoms with E-state index in [1.54, 1.807) is 0 Å². The van der Waals surface area contributed by atoms with Gasteiger partial charge >= 0.3 is 0 Å². The molecule has 5 aromatic rings. The van der Waals surface area contributed by atoms with E-state index in [4.69, 9.17) is 23.2 Å². The van der Waals surface area contributed by atoms with Crippen molar-refractivity contribution in [2.45, 2.75) is 60.3 Å². The zero-order valence-electron chi connectivity index (χ0n) is 32.3. The molecule has 1 fully saturated rings. The number of benzene rings is 5. The average molecular weight is 768 g/mol. The molecule has 2 nitrogen and oxygen atoms in total. The molecule has 0 spiro atoms. The van der Waals surface area contributed by atoms with E-state index in [1.165, 1.54) is 78.2 Å². The van der Waals surface area contributed by atoms with Gasteiger partial charge in [-0.1, -0.05) is 164 Å². The van der Waals surface area contributed by atoms with Crippen molar-refractivity contribution in [2.24, 2.45) is 0 Å². The first-order valence-corrected chi connectivity index (χ1v) is 21.3. The van der Waals surface area contributed by atoms with Gasteiger partial charge in [0.2, 0.25) is 0 Å². The van der Waals surface area contributed by atoms with E-state index in [9.17, 15) is 0 Å². The molecule has 1 heterocycles. The summed E-state index contributed by atoms with van der Waals surface area (Å²) in [5.41, 5.74) is 16.7. The lowest BCUT2D eigenvalue weighted by Gasteiger charge is -2.32. The quantitative estimate of drug-likeness (QED) is 0.138. The highest BCUT2D eigenvalue weighted by Gasteiger charge is 2.33. The van der Waals surface area contributed by atoms with Gasteiger partial charge in [-0.3, -0.25) is 0 Å². The normalized spacial score (nSPS) is 14.8. The van der Waals surface area contributed by atoms with Crippen LogP contribution in [0, 0.1) is 41.5 Å². The maximum Gasteiger partial charge on any atom is 0.117 e. The standard InChI is InChI=1S/C49H49Cl2N2P/c1-33-25-35(3)47(36(4)26-33)52-23-24-53(48-37(5)27-34(2)28-38(48)6)49(52)42-20-13-19-41(29-42)30-45(43-21-14-22-44(50)46(43)51)54(31-39-15-9-7-10-16-39)32-40-17-11-8-12-18-40/h7-22,25-28,30H,23-24,29,31-32H2,1-6H3. The van der Waals surface area contributed by atoms with E-state index >= 15 is 0 Å². The minimum absolute atomic E-state index is 0.583. The molecular formula is C49H49Cl2N2P. The van der Waals surface area contributed by atoms with E-state index in [-0.39, 0.29) is 0 Å². The van der Waals surface area contributed by atoms with Crippen LogP contribution in [0.25, 0.3) is 5.31 Å². The molecule has 0 atom stereocenters. The summed E-state index contributed by atoms with van der Waals surface area (Å²) in [6.45, 7) is 15.3. The molecule has 2 aliphatic rings. The van der Waals surface area contributed by atoms with Gasteiger partial charge in [0.15, 0.2) is 0 Å². The van der Waals surface area contributed by atoms with Gasteiger partial charge in [-0.25, -0.2) is 0 Å². The van der Waals surface area contributed by atoms with Crippen LogP contribution in [0.3, 0.4) is 0 Å². The molecule has 0 N–H and O–H groups in total. The Bertz CT molecular complexity index is 2150. The van der Waals surface area contributed by atoms with Crippen molar-refractivity contribution < 1.29 is 0 Å². The molecule has 274 valence electrons. The van der Waals surface area contributed by atoms with Crippen LogP contribution >= 0.6 is 31.1 Å². The van der Waals surface area contributed by atoms with Crippen LogP contribution < -0.4 is 9.80 Å². The summed E-state index contributed by atoms with van der Waals surface area (Å²) in [6, 6.07) is 37.1. The molecule has 7 rings (SSSR count). The molecule has 0 unspecified atom stereocenters. The summed E-state index contributed by atoms with van der Waals surface area (Å²) in [6.07, 6.45) is 12.0. The second-order valence-electron chi connectivity index (χ2n) is 14.9. The minimum Gasteiger partial charge on any atom is -0.325 e. The Balaban J connectivity index is 1.38. The Morgan fingerprint density at radius 3 is 1.65 bits per heavy atom. The van der Waals surface area contributed by atoms with E-state index in [1.807, 2.05) is 12.1 Å². The Labute approximate surface area is 333 Å². The molecule has 0 radical (unpaired) electrons. The van der Waals surface area contributed by atoms with Gasteiger partial charge < -0.3 is 9.80 Å². The summed E-state index contributed by atoms with van der Waals surface area (Å²) < 4.78 is 0. The third kappa shape index (κ3) is 8.18. The Kier molecular flexibility index (Phi) is 11.7. The third-order valence-corrected chi connectivity index (χ3v) is 13.8. The smallest absolute Gasteiger partial charge is 0.117 e. The average Bonchev–Trinajstić information content (AvgIpc) is 3.55. The van der Waals surface area contributed by atoms with Crippen LogP contribution in [0.1, 0.15) is 56.5 Å². The molecule has 1 aliphatic carbocycles. The van der Waals surface area contributed by atoms with Crippen LogP contribution in [0.5, 0.6) is 0 Å². The summed E-state index contributed by atoms with van der Waals surface area (Å²) in [4.78, 5) is 5.17. The fourth-order valence-corrected chi connectivity index (χ4v) is 11.6. The van der Waals surface area contributed by atoms with Crippen LogP contribution in [-0.4, -0.2) is 13.1 Å². The summed E-state index contributed by atoms with van der Waals surface area (Å²) in [5, 5.41) is 2.47. The van der Waals surface area contributed by atoms with Crippen molar-refractivity contribution in [2.75, 3.05) is 22.9 Å². The van der Waals surface area contributed by atoms with Crippen molar-refractivity contribution in [3.8, 4) is 0 Å². The fraction of sp³-hybridized carbons (Fsp3) is 0.224. The van der Waals surface area contributed by atoms with Crippen LogP contribution in [0.15, 0.2) is 144 Å². The Morgan fingerprint density at radius 2 is 1.15 bits per heavy atom. The molecule has 1 saturated heterocycles. The number of nitrogens with zero attached hydrogens (tertiary/aromatic N) is 2. The summed E-state index contributed by atoms with van der Waals surface area (Å²) in [7, 11) is -0.728. The SMILES string of the molecule is Cc1cc(C)c(N2CCN(c3c(C)cc(C)cc3C)C2=C2C=CC=C(C=C(c3cccc(Cl)c3Cl)P(Cc3ccccc3)Cc3ccccc3)C2)c(C)c1. The lowest BCUT2D eigenvalue weighted by molar-refractivity contribution is 0.997. The number of aryl methyl sites for hydroxylation is 6. The highest BCUT2D eigenvalue weighted by molar-refractivity contribution is 7.67. The topological polar surface area (TPSA) is 6.48 Å². The second-order valence-corrected chi connectivity index (χ2v) is 17.9. The van der Waals surface area contributed by atoms with Crippen molar-refractivity contribution in [3.63, 3.8) is 0 Å². The molecule has 0 aromatic heterocycles. The van der Waals surface area contributed by atoms with Gasteiger partial charge in [-0.15, -0.1) is 0 Å². The second kappa shape index (κ2) is 16.6. The van der Waals surface area contributed by atoms with Crippen molar-refractivity contribution in [1.29, 1.82) is 0 Å². The van der Waals surface area contributed by atoms with Gasteiger partial charge in [0.1, 0.15) is 5.82 Å². The molecule has 1 aliphatic heterocycles. The zero-order chi connectivity index (χ0) is 37.9. The van der Waals surface area contributed by atoms with Crippen molar-refractivity contribution in [1.82, 2.24) is 0 Å². The first-order valence-electron chi connectivity index (χ1n) is 18.9. The molecule has 0 amide bonds. The first kappa shape index (κ1) is 38.0. The number of allylic oxidation sites excluding steroid dienone is 6. The molecule has 0 bridgehead atoms. The molecular weight excluding hydrogens is 718 g/mol. The number of anilines is 2. The number of hydrogen-bond acceptors (Lipinski definition) is 2. The van der Waals surface area contributed by atoms with E-state index in [0.29, 0.717) is 10.0 Å². The minimum atomic E-state index is -0.728. The maximum absolute atomic E-state index is 7.12. The largest absolute Gasteiger partial charge is 0.325 e. The first-order chi connectivity index (χ1) is 26.1. The Morgan fingerprint density at radius 1 is 0.648 bits per heavy atom. The summed E-state index contributed by atoms with van der Waals surface area (Å²) >= 11 is 13.9. The zero-order valence-corrected chi connectivity index (χ0v) is 34.7. The molecule has 0 saturated carbocycles. The monoisotopic (exact) mass is 766 g/mol. The fourth-order valence-electron chi connectivity index (χ4n) is 8.46. The Hall–Kier alpha value is -4.33. The number of rotatable bonds is 9. The van der Waals surface area contributed by atoms with Gasteiger partial charge in [-0.05, 0) is 110 Å². The van der Waals surface area contributed by atoms with Gasteiger partial charge in [0.25, 0.3) is 0 Å². The van der Waals surface area contributed by atoms with Gasteiger partial charge in [-0.2, -0.15) is 0 Å². The van der Waals surface area contributed by atoms with Crippen molar-refractivity contribution >= 4 is 47.8 Å². The van der Waals surface area contributed by atoms with Crippen molar-refractivity contribution in [3.05, 3.63) is 205 Å². The molecule has 5 heteroatoms. The highest BCUT2D eigenvalue weighted by atomic mass is 35.5. The number of hydrogen-bond donors (Lipinski definition) is 0. The maximum atomic E-state index is 7.12. The van der Waals surface area contributed by atoms with Crippen LogP contribution in [-0.2, 0) is 12.3 Å². The lowest BCUT2D eigenvalue weighted by Crippen LogP contribution is -2.27. The highest BCUT2D eigenvalue weighted by Crippen LogP contribution is 2.58. The van der Waals surface area contributed by atoms with Crippen LogP contribution in [0.4, 0.5) is 11.4 Å². The molecule has 5 aromatic carbocycles. The van der Waals surface area contributed by atoms with Gasteiger partial charge in [0, 0.05) is 36.4 Å².